The van der Waals surface area contributed by atoms with E-state index in [1.54, 1.807) is 12.1 Å². The molecule has 0 aliphatic carbocycles. The van der Waals surface area contributed by atoms with Gasteiger partial charge in [0.25, 0.3) is 5.91 Å². The summed E-state index contributed by atoms with van der Waals surface area (Å²) < 4.78 is 5.83. The van der Waals surface area contributed by atoms with E-state index in [1.807, 2.05) is 43.4 Å². The fourth-order valence-electron chi connectivity index (χ4n) is 2.39. The molecule has 21 heavy (non-hydrogen) atoms. The SMILES string of the molecule is CNCc1ccc(-c2cc3cccc(C(N)=O)c3o2)cc1. The van der Waals surface area contributed by atoms with E-state index in [2.05, 4.69) is 5.32 Å². The first-order chi connectivity index (χ1) is 10.2. The van der Waals surface area contributed by atoms with Crippen LogP contribution >= 0.6 is 0 Å². The Balaban J connectivity index is 2.04. The van der Waals surface area contributed by atoms with Crippen LogP contribution in [0, 0.1) is 0 Å². The van der Waals surface area contributed by atoms with Crippen molar-refractivity contribution in [2.75, 3.05) is 7.05 Å². The number of carbonyl (C=O) groups excluding carboxylic acids is 1. The molecule has 106 valence electrons. The van der Waals surface area contributed by atoms with E-state index in [-0.39, 0.29) is 0 Å². The third-order valence-corrected chi connectivity index (χ3v) is 3.43. The Labute approximate surface area is 122 Å². The van der Waals surface area contributed by atoms with Crippen LogP contribution in [0.1, 0.15) is 15.9 Å². The van der Waals surface area contributed by atoms with Crippen LogP contribution < -0.4 is 11.1 Å². The Hall–Kier alpha value is -2.59. The van der Waals surface area contributed by atoms with E-state index in [1.165, 1.54) is 5.56 Å². The molecule has 4 heteroatoms. The van der Waals surface area contributed by atoms with Crippen molar-refractivity contribution < 1.29 is 9.21 Å². The highest BCUT2D eigenvalue weighted by atomic mass is 16.3. The van der Waals surface area contributed by atoms with E-state index in [4.69, 9.17) is 10.2 Å². The van der Waals surface area contributed by atoms with Gasteiger partial charge in [-0.05, 0) is 24.7 Å². The molecule has 0 spiro atoms. The summed E-state index contributed by atoms with van der Waals surface area (Å²) >= 11 is 0. The lowest BCUT2D eigenvalue weighted by Gasteiger charge is -2.01. The molecule has 0 saturated carbocycles. The molecule has 4 nitrogen and oxygen atoms in total. The molecule has 3 rings (SSSR count). The standard InChI is InChI=1S/C17H16N2O2/c1-19-10-11-5-7-12(8-6-11)15-9-13-3-2-4-14(17(18)20)16(13)21-15/h2-9,19H,10H2,1H3,(H2,18,20). The molecule has 1 heterocycles. The number of nitrogens with two attached hydrogens (primary N) is 1. The Kier molecular flexibility index (Phi) is 3.46. The number of fused-ring (bicyclic) bond motifs is 1. The van der Waals surface area contributed by atoms with Gasteiger partial charge in [-0.25, -0.2) is 0 Å². The zero-order valence-corrected chi connectivity index (χ0v) is 11.7. The highest BCUT2D eigenvalue weighted by Crippen LogP contribution is 2.29. The van der Waals surface area contributed by atoms with Crippen LogP contribution in [0.3, 0.4) is 0 Å². The minimum absolute atomic E-state index is 0.408. The van der Waals surface area contributed by atoms with Crippen LogP contribution in [0.5, 0.6) is 0 Å². The maximum atomic E-state index is 11.4. The van der Waals surface area contributed by atoms with Gasteiger partial charge in [-0.3, -0.25) is 4.79 Å². The second kappa shape index (κ2) is 5.42. The molecule has 0 aliphatic heterocycles. The molecule has 0 atom stereocenters. The average Bonchev–Trinajstić information content (AvgIpc) is 2.92. The molecule has 1 amide bonds. The van der Waals surface area contributed by atoms with Crippen molar-refractivity contribution in [3.05, 3.63) is 59.7 Å². The number of hydrogen-bond acceptors (Lipinski definition) is 3. The van der Waals surface area contributed by atoms with Crippen LogP contribution in [0.25, 0.3) is 22.3 Å². The average molecular weight is 280 g/mol. The third-order valence-electron chi connectivity index (χ3n) is 3.43. The first-order valence-electron chi connectivity index (χ1n) is 6.75. The first kappa shape index (κ1) is 13.4. The number of nitrogens with one attached hydrogen (secondary N) is 1. The van der Waals surface area contributed by atoms with Gasteiger partial charge in [0.2, 0.25) is 0 Å². The normalized spacial score (nSPS) is 10.9. The fraction of sp³-hybridized carbons (Fsp3) is 0.118. The number of hydrogen-bond donors (Lipinski definition) is 2. The van der Waals surface area contributed by atoms with Crippen molar-refractivity contribution in [1.29, 1.82) is 0 Å². The number of para-hydroxylation sites is 1. The van der Waals surface area contributed by atoms with Gasteiger partial charge >= 0.3 is 0 Å². The molecule has 0 radical (unpaired) electrons. The van der Waals surface area contributed by atoms with Crippen molar-refractivity contribution in [3.8, 4) is 11.3 Å². The third kappa shape index (κ3) is 2.53. The highest BCUT2D eigenvalue weighted by molar-refractivity contribution is 6.04. The summed E-state index contributed by atoms with van der Waals surface area (Å²) in [5.41, 5.74) is 8.50. The summed E-state index contributed by atoms with van der Waals surface area (Å²) in [6.45, 7) is 0.826. The predicted octanol–water partition coefficient (Wildman–Crippen LogP) is 2.92. The monoisotopic (exact) mass is 280 g/mol. The molecule has 0 unspecified atom stereocenters. The molecule has 3 N–H and O–H groups in total. The Bertz CT molecular complexity index is 788. The van der Waals surface area contributed by atoms with Crippen LogP contribution in [-0.2, 0) is 6.54 Å². The van der Waals surface area contributed by atoms with Gasteiger partial charge in [0.05, 0.1) is 5.56 Å². The topological polar surface area (TPSA) is 68.3 Å². The van der Waals surface area contributed by atoms with Gasteiger partial charge in [0.1, 0.15) is 11.3 Å². The van der Waals surface area contributed by atoms with Crippen molar-refractivity contribution in [1.82, 2.24) is 5.32 Å². The van der Waals surface area contributed by atoms with Crippen LogP contribution in [0.15, 0.2) is 52.9 Å². The van der Waals surface area contributed by atoms with Gasteiger partial charge in [0.15, 0.2) is 0 Å². The zero-order valence-electron chi connectivity index (χ0n) is 11.7. The summed E-state index contributed by atoms with van der Waals surface area (Å²) in [4.78, 5) is 11.4. The quantitative estimate of drug-likeness (QED) is 0.772. The number of furan rings is 1. The van der Waals surface area contributed by atoms with E-state index in [0.717, 1.165) is 23.3 Å². The van der Waals surface area contributed by atoms with E-state index in [9.17, 15) is 4.79 Å². The van der Waals surface area contributed by atoms with E-state index >= 15 is 0 Å². The molecule has 1 aromatic heterocycles. The maximum Gasteiger partial charge on any atom is 0.252 e. The molecule has 0 bridgehead atoms. The van der Waals surface area contributed by atoms with Gasteiger partial charge < -0.3 is 15.5 Å². The van der Waals surface area contributed by atoms with Crippen molar-refractivity contribution in [3.63, 3.8) is 0 Å². The van der Waals surface area contributed by atoms with Crippen LogP contribution in [-0.4, -0.2) is 13.0 Å². The van der Waals surface area contributed by atoms with Gasteiger partial charge in [-0.1, -0.05) is 36.4 Å². The summed E-state index contributed by atoms with van der Waals surface area (Å²) in [7, 11) is 1.92. The number of benzene rings is 2. The Morgan fingerprint density at radius 1 is 1.19 bits per heavy atom. The lowest BCUT2D eigenvalue weighted by atomic mass is 10.1. The highest BCUT2D eigenvalue weighted by Gasteiger charge is 2.12. The van der Waals surface area contributed by atoms with Crippen molar-refractivity contribution >= 4 is 16.9 Å². The molecule has 0 aliphatic rings. The van der Waals surface area contributed by atoms with Gasteiger partial charge in [0, 0.05) is 17.5 Å². The number of amides is 1. The van der Waals surface area contributed by atoms with Crippen molar-refractivity contribution in [2.24, 2.45) is 5.73 Å². The molecule has 0 saturated heterocycles. The minimum atomic E-state index is -0.481. The minimum Gasteiger partial charge on any atom is -0.455 e. The molecule has 3 aromatic rings. The first-order valence-corrected chi connectivity index (χ1v) is 6.75. The number of rotatable bonds is 4. The summed E-state index contributed by atoms with van der Waals surface area (Å²) in [5, 5.41) is 3.99. The van der Waals surface area contributed by atoms with Gasteiger partial charge in [-0.2, -0.15) is 0 Å². The van der Waals surface area contributed by atoms with Gasteiger partial charge in [-0.15, -0.1) is 0 Å². The maximum absolute atomic E-state index is 11.4. The van der Waals surface area contributed by atoms with Crippen LogP contribution in [0.4, 0.5) is 0 Å². The number of primary amides is 1. The fourth-order valence-corrected chi connectivity index (χ4v) is 2.39. The number of carbonyl (C=O) groups is 1. The summed E-state index contributed by atoms with van der Waals surface area (Å²) in [6.07, 6.45) is 0. The summed E-state index contributed by atoms with van der Waals surface area (Å²) in [5.74, 6) is 0.251. The van der Waals surface area contributed by atoms with Crippen molar-refractivity contribution in [2.45, 2.75) is 6.54 Å². The molecule has 2 aromatic carbocycles. The molecular formula is C17H16N2O2. The smallest absolute Gasteiger partial charge is 0.252 e. The Morgan fingerprint density at radius 2 is 1.95 bits per heavy atom. The zero-order chi connectivity index (χ0) is 14.8. The molecule has 0 fully saturated rings. The second-order valence-corrected chi connectivity index (χ2v) is 4.93. The van der Waals surface area contributed by atoms with Crippen LogP contribution in [0.2, 0.25) is 0 Å². The molecular weight excluding hydrogens is 264 g/mol. The Morgan fingerprint density at radius 3 is 2.62 bits per heavy atom. The summed E-state index contributed by atoms with van der Waals surface area (Å²) in [6, 6.07) is 15.4. The second-order valence-electron chi connectivity index (χ2n) is 4.93. The lowest BCUT2D eigenvalue weighted by molar-refractivity contribution is 0.100. The van der Waals surface area contributed by atoms with E-state index in [0.29, 0.717) is 11.1 Å². The lowest BCUT2D eigenvalue weighted by Crippen LogP contribution is -2.10. The predicted molar refractivity (Wildman–Crippen MR) is 82.9 cm³/mol. The van der Waals surface area contributed by atoms with E-state index < -0.39 is 5.91 Å². The largest absolute Gasteiger partial charge is 0.455 e.